The fourth-order valence-corrected chi connectivity index (χ4v) is 2.34. The molecule has 104 valence electrons. The van der Waals surface area contributed by atoms with Crippen molar-refractivity contribution in [3.63, 3.8) is 0 Å². The summed E-state index contributed by atoms with van der Waals surface area (Å²) in [4.78, 5) is 15.8. The first-order valence-electron chi connectivity index (χ1n) is 6.75. The Labute approximate surface area is 119 Å². The minimum Gasteiger partial charge on any atom is -0.481 e. The van der Waals surface area contributed by atoms with E-state index < -0.39 is 11.9 Å². The maximum atomic E-state index is 11.5. The van der Waals surface area contributed by atoms with E-state index >= 15 is 0 Å². The molecule has 0 radical (unpaired) electrons. The van der Waals surface area contributed by atoms with Crippen molar-refractivity contribution < 1.29 is 9.90 Å². The summed E-state index contributed by atoms with van der Waals surface area (Å²) in [5.74, 6) is -1.21. The molecule has 0 aliphatic rings. The number of pyridine rings is 1. The number of carboxylic acids is 1. The van der Waals surface area contributed by atoms with Gasteiger partial charge in [-0.05, 0) is 37.5 Å². The second-order valence-electron chi connectivity index (χ2n) is 5.20. The van der Waals surface area contributed by atoms with Crippen LogP contribution in [0.25, 0.3) is 0 Å². The molecular weight excluding hydrogens is 250 g/mol. The van der Waals surface area contributed by atoms with Gasteiger partial charge >= 0.3 is 5.97 Å². The highest BCUT2D eigenvalue weighted by Gasteiger charge is 2.20. The topological polar surface area (TPSA) is 50.2 Å². The third-order valence-electron chi connectivity index (χ3n) is 3.47. The first kappa shape index (κ1) is 14.3. The second kappa shape index (κ2) is 6.33. The van der Waals surface area contributed by atoms with Crippen LogP contribution < -0.4 is 0 Å². The summed E-state index contributed by atoms with van der Waals surface area (Å²) in [5, 5.41) is 9.43. The van der Waals surface area contributed by atoms with Crippen LogP contribution in [0.1, 0.15) is 22.4 Å². The minimum atomic E-state index is -0.767. The van der Waals surface area contributed by atoms with Crippen molar-refractivity contribution >= 4 is 5.97 Å². The van der Waals surface area contributed by atoms with Gasteiger partial charge in [0.25, 0.3) is 0 Å². The number of carbonyl (C=O) groups is 1. The maximum absolute atomic E-state index is 11.5. The SMILES string of the molecule is Cc1cccc(CC(Cc2ncccc2C)C(=O)O)c1. The molecule has 3 nitrogen and oxygen atoms in total. The molecule has 1 atom stereocenters. The third-order valence-corrected chi connectivity index (χ3v) is 3.47. The lowest BCUT2D eigenvalue weighted by molar-refractivity contribution is -0.141. The number of nitrogens with zero attached hydrogens (tertiary/aromatic N) is 1. The van der Waals surface area contributed by atoms with E-state index in [4.69, 9.17) is 0 Å². The molecule has 0 aliphatic carbocycles. The summed E-state index contributed by atoms with van der Waals surface area (Å²) in [6.07, 6.45) is 2.72. The largest absolute Gasteiger partial charge is 0.481 e. The van der Waals surface area contributed by atoms with Crippen LogP contribution in [-0.4, -0.2) is 16.1 Å². The molecule has 0 bridgehead atoms. The van der Waals surface area contributed by atoms with E-state index in [1.165, 1.54) is 0 Å². The summed E-state index contributed by atoms with van der Waals surface area (Å²) < 4.78 is 0. The lowest BCUT2D eigenvalue weighted by Gasteiger charge is -2.13. The van der Waals surface area contributed by atoms with Gasteiger partial charge in [0.15, 0.2) is 0 Å². The summed E-state index contributed by atoms with van der Waals surface area (Å²) in [6.45, 7) is 3.98. The molecule has 1 aromatic heterocycles. The number of rotatable bonds is 5. The van der Waals surface area contributed by atoms with E-state index in [2.05, 4.69) is 4.98 Å². The van der Waals surface area contributed by atoms with E-state index in [-0.39, 0.29) is 0 Å². The standard InChI is InChI=1S/C17H19NO2/c1-12-5-3-7-14(9-12)10-15(17(19)20)11-16-13(2)6-4-8-18-16/h3-9,15H,10-11H2,1-2H3,(H,19,20). The van der Waals surface area contributed by atoms with E-state index in [0.717, 1.165) is 22.4 Å². The van der Waals surface area contributed by atoms with Gasteiger partial charge in [0.1, 0.15) is 0 Å². The lowest BCUT2D eigenvalue weighted by Crippen LogP contribution is -2.20. The third kappa shape index (κ3) is 3.67. The molecule has 0 saturated carbocycles. The normalized spacial score (nSPS) is 12.1. The van der Waals surface area contributed by atoms with Crippen molar-refractivity contribution in [3.8, 4) is 0 Å². The van der Waals surface area contributed by atoms with Gasteiger partial charge in [-0.3, -0.25) is 9.78 Å². The smallest absolute Gasteiger partial charge is 0.307 e. The number of aliphatic carboxylic acids is 1. The van der Waals surface area contributed by atoms with Gasteiger partial charge in [-0.25, -0.2) is 0 Å². The van der Waals surface area contributed by atoms with Crippen LogP contribution >= 0.6 is 0 Å². The molecular formula is C17H19NO2. The number of carboxylic acid groups (broad SMARTS) is 1. The molecule has 1 heterocycles. The zero-order valence-corrected chi connectivity index (χ0v) is 11.8. The number of benzene rings is 1. The molecule has 1 N–H and O–H groups in total. The fourth-order valence-electron chi connectivity index (χ4n) is 2.34. The molecule has 2 rings (SSSR count). The fraction of sp³-hybridized carbons (Fsp3) is 0.294. The molecule has 0 spiro atoms. The second-order valence-corrected chi connectivity index (χ2v) is 5.20. The number of aryl methyl sites for hydroxylation is 2. The predicted octanol–water partition coefficient (Wildman–Crippen LogP) is 3.18. The molecule has 1 unspecified atom stereocenters. The van der Waals surface area contributed by atoms with E-state index in [1.54, 1.807) is 6.20 Å². The van der Waals surface area contributed by atoms with Crippen LogP contribution in [0.5, 0.6) is 0 Å². The van der Waals surface area contributed by atoms with E-state index in [9.17, 15) is 9.90 Å². The first-order chi connectivity index (χ1) is 9.56. The molecule has 0 fully saturated rings. The highest BCUT2D eigenvalue weighted by Crippen LogP contribution is 2.17. The molecule has 3 heteroatoms. The van der Waals surface area contributed by atoms with Crippen molar-refractivity contribution in [2.24, 2.45) is 5.92 Å². The van der Waals surface area contributed by atoms with Gasteiger partial charge in [-0.2, -0.15) is 0 Å². The summed E-state index contributed by atoms with van der Waals surface area (Å²) in [5.41, 5.74) is 4.13. The zero-order chi connectivity index (χ0) is 14.5. The first-order valence-corrected chi connectivity index (χ1v) is 6.75. The molecule has 2 aromatic rings. The quantitative estimate of drug-likeness (QED) is 0.907. The van der Waals surface area contributed by atoms with Gasteiger partial charge in [-0.1, -0.05) is 35.9 Å². The van der Waals surface area contributed by atoms with Crippen molar-refractivity contribution in [3.05, 3.63) is 65.0 Å². The van der Waals surface area contributed by atoms with Crippen LogP contribution in [0, 0.1) is 19.8 Å². The average Bonchev–Trinajstić information content (AvgIpc) is 2.40. The van der Waals surface area contributed by atoms with Crippen molar-refractivity contribution in [1.29, 1.82) is 0 Å². The molecule has 20 heavy (non-hydrogen) atoms. The van der Waals surface area contributed by atoms with Gasteiger partial charge < -0.3 is 5.11 Å². The van der Waals surface area contributed by atoms with Crippen LogP contribution in [-0.2, 0) is 17.6 Å². The Morgan fingerprint density at radius 1 is 1.20 bits per heavy atom. The van der Waals surface area contributed by atoms with Crippen LogP contribution in [0.15, 0.2) is 42.6 Å². The molecule has 0 amide bonds. The van der Waals surface area contributed by atoms with Crippen LogP contribution in [0.4, 0.5) is 0 Å². The summed E-state index contributed by atoms with van der Waals surface area (Å²) in [7, 11) is 0. The van der Waals surface area contributed by atoms with Crippen LogP contribution in [0.3, 0.4) is 0 Å². The lowest BCUT2D eigenvalue weighted by atomic mass is 9.93. The zero-order valence-electron chi connectivity index (χ0n) is 11.8. The van der Waals surface area contributed by atoms with Gasteiger partial charge in [-0.15, -0.1) is 0 Å². The van der Waals surface area contributed by atoms with Gasteiger partial charge in [0, 0.05) is 18.3 Å². The number of aromatic nitrogens is 1. The number of hydrogen-bond donors (Lipinski definition) is 1. The Kier molecular flexibility index (Phi) is 4.51. The van der Waals surface area contributed by atoms with Crippen LogP contribution in [0.2, 0.25) is 0 Å². The average molecular weight is 269 g/mol. The maximum Gasteiger partial charge on any atom is 0.307 e. The number of hydrogen-bond acceptors (Lipinski definition) is 2. The molecule has 0 aliphatic heterocycles. The predicted molar refractivity (Wildman–Crippen MR) is 78.7 cm³/mol. The van der Waals surface area contributed by atoms with Gasteiger partial charge in [0.05, 0.1) is 5.92 Å². The van der Waals surface area contributed by atoms with Crippen molar-refractivity contribution in [2.75, 3.05) is 0 Å². The Bertz CT molecular complexity index is 607. The van der Waals surface area contributed by atoms with Gasteiger partial charge in [0.2, 0.25) is 0 Å². The van der Waals surface area contributed by atoms with Crippen molar-refractivity contribution in [2.45, 2.75) is 26.7 Å². The Balaban J connectivity index is 2.16. The molecule has 1 aromatic carbocycles. The Morgan fingerprint density at radius 2 is 2.00 bits per heavy atom. The Hall–Kier alpha value is -2.16. The highest BCUT2D eigenvalue weighted by molar-refractivity contribution is 5.70. The summed E-state index contributed by atoms with van der Waals surface area (Å²) in [6, 6.07) is 11.8. The summed E-state index contributed by atoms with van der Waals surface area (Å²) >= 11 is 0. The van der Waals surface area contributed by atoms with E-state index in [0.29, 0.717) is 12.8 Å². The minimum absolute atomic E-state index is 0.439. The molecule has 0 saturated heterocycles. The van der Waals surface area contributed by atoms with E-state index in [1.807, 2.05) is 50.2 Å². The Morgan fingerprint density at radius 3 is 2.65 bits per heavy atom. The monoisotopic (exact) mass is 269 g/mol. The highest BCUT2D eigenvalue weighted by atomic mass is 16.4. The van der Waals surface area contributed by atoms with Crippen molar-refractivity contribution in [1.82, 2.24) is 4.98 Å².